The summed E-state index contributed by atoms with van der Waals surface area (Å²) >= 11 is 1.74. The highest BCUT2D eigenvalue weighted by atomic mass is 32.2. The number of nitrogens with zero attached hydrogens (tertiary/aromatic N) is 2. The van der Waals surface area contributed by atoms with Gasteiger partial charge in [-0.2, -0.15) is 11.8 Å². The maximum Gasteiger partial charge on any atom is 0.239 e. The number of hydrogen-bond acceptors (Lipinski definition) is 4. The fraction of sp³-hybridized carbons (Fsp3) is 0.923. The molecule has 1 aliphatic heterocycles. The summed E-state index contributed by atoms with van der Waals surface area (Å²) < 4.78 is 0. The first-order chi connectivity index (χ1) is 8.47. The Hall–Kier alpha value is -0.260. The Bertz CT molecular complexity index is 275. The smallest absolute Gasteiger partial charge is 0.239 e. The van der Waals surface area contributed by atoms with Crippen molar-refractivity contribution in [2.45, 2.75) is 44.3 Å². The summed E-state index contributed by atoms with van der Waals surface area (Å²) in [6, 6.07) is 0.558. The predicted molar refractivity (Wildman–Crippen MR) is 78.9 cm³/mol. The number of hydrogen-bond donors (Lipinski definition) is 1. The van der Waals surface area contributed by atoms with E-state index in [0.717, 1.165) is 31.6 Å². The Labute approximate surface area is 115 Å². The number of thioether (sulfide) groups is 1. The minimum atomic E-state index is -0.336. The maximum atomic E-state index is 12.2. The van der Waals surface area contributed by atoms with Crippen molar-refractivity contribution in [1.82, 2.24) is 9.80 Å². The van der Waals surface area contributed by atoms with E-state index in [9.17, 15) is 4.79 Å². The summed E-state index contributed by atoms with van der Waals surface area (Å²) in [6.07, 6.45) is 4.92. The molecule has 0 radical (unpaired) electrons. The molecule has 0 aliphatic carbocycles. The van der Waals surface area contributed by atoms with Gasteiger partial charge in [0, 0.05) is 25.7 Å². The first-order valence-corrected chi connectivity index (χ1v) is 8.08. The highest BCUT2D eigenvalue weighted by Crippen LogP contribution is 2.20. The second-order valence-corrected chi connectivity index (χ2v) is 6.33. The molecule has 1 aliphatic rings. The molecule has 3 atom stereocenters. The van der Waals surface area contributed by atoms with Gasteiger partial charge in [0.1, 0.15) is 0 Å². The molecule has 1 rings (SSSR count). The molecular formula is C13H27N3OS. The largest absolute Gasteiger partial charge is 0.341 e. The van der Waals surface area contributed by atoms with Crippen molar-refractivity contribution >= 4 is 17.7 Å². The van der Waals surface area contributed by atoms with Crippen molar-refractivity contribution in [3.8, 4) is 0 Å². The lowest BCUT2D eigenvalue weighted by Crippen LogP contribution is -2.52. The highest BCUT2D eigenvalue weighted by Gasteiger charge is 2.29. The molecule has 106 valence electrons. The highest BCUT2D eigenvalue weighted by molar-refractivity contribution is 7.98. The van der Waals surface area contributed by atoms with Crippen molar-refractivity contribution < 1.29 is 4.79 Å². The third-order valence-corrected chi connectivity index (χ3v) is 4.67. The van der Waals surface area contributed by atoms with E-state index in [1.807, 2.05) is 18.2 Å². The fourth-order valence-corrected chi connectivity index (χ4v) is 2.92. The number of carbonyl (C=O) groups is 1. The summed E-state index contributed by atoms with van der Waals surface area (Å²) in [7, 11) is 4.05. The molecule has 4 nitrogen and oxygen atoms in total. The zero-order valence-electron chi connectivity index (χ0n) is 12.1. The van der Waals surface area contributed by atoms with E-state index < -0.39 is 0 Å². The molecule has 2 N–H and O–H groups in total. The van der Waals surface area contributed by atoms with Crippen LogP contribution in [0.25, 0.3) is 0 Å². The van der Waals surface area contributed by atoms with Crippen molar-refractivity contribution in [1.29, 1.82) is 0 Å². The second-order valence-electron chi connectivity index (χ2n) is 5.34. The van der Waals surface area contributed by atoms with Crippen LogP contribution < -0.4 is 5.73 Å². The molecule has 0 aromatic rings. The number of likely N-dealkylation sites (tertiary alicyclic amines) is 1. The van der Waals surface area contributed by atoms with E-state index in [0.29, 0.717) is 12.1 Å². The van der Waals surface area contributed by atoms with Crippen LogP contribution >= 0.6 is 11.8 Å². The lowest BCUT2D eigenvalue weighted by Gasteiger charge is -2.40. The van der Waals surface area contributed by atoms with Crippen LogP contribution in [0.2, 0.25) is 0 Å². The van der Waals surface area contributed by atoms with Crippen LogP contribution in [0.5, 0.6) is 0 Å². The Morgan fingerprint density at radius 2 is 2.28 bits per heavy atom. The lowest BCUT2D eigenvalue weighted by molar-refractivity contribution is -0.134. The second kappa shape index (κ2) is 7.36. The first kappa shape index (κ1) is 15.8. The van der Waals surface area contributed by atoms with Gasteiger partial charge in [0.15, 0.2) is 0 Å². The number of likely N-dealkylation sites (N-methyl/N-ethyl adjacent to an activating group) is 1. The molecule has 0 saturated carbocycles. The van der Waals surface area contributed by atoms with Gasteiger partial charge in [-0.25, -0.2) is 0 Å². The van der Waals surface area contributed by atoms with Crippen molar-refractivity contribution in [2.75, 3.05) is 32.6 Å². The molecule has 5 heteroatoms. The maximum absolute atomic E-state index is 12.2. The van der Waals surface area contributed by atoms with Gasteiger partial charge in [-0.1, -0.05) is 0 Å². The van der Waals surface area contributed by atoms with E-state index in [4.69, 9.17) is 5.73 Å². The Morgan fingerprint density at radius 1 is 1.61 bits per heavy atom. The summed E-state index contributed by atoms with van der Waals surface area (Å²) in [6.45, 7) is 3.28. The van der Waals surface area contributed by atoms with Gasteiger partial charge in [-0.05, 0) is 45.2 Å². The Balaban J connectivity index is 2.48. The number of rotatable bonds is 5. The summed E-state index contributed by atoms with van der Waals surface area (Å²) in [5.41, 5.74) is 5.96. The average molecular weight is 273 g/mol. The van der Waals surface area contributed by atoms with Crippen LogP contribution in [0.4, 0.5) is 0 Å². The van der Waals surface area contributed by atoms with Gasteiger partial charge in [0.2, 0.25) is 5.91 Å². The number of carbonyl (C=O) groups excluding carboxylic acids is 1. The zero-order chi connectivity index (χ0) is 13.7. The van der Waals surface area contributed by atoms with E-state index in [-0.39, 0.29) is 11.9 Å². The number of nitrogens with two attached hydrogens (primary N) is 1. The van der Waals surface area contributed by atoms with Crippen LogP contribution in [-0.2, 0) is 4.79 Å². The molecule has 0 unspecified atom stereocenters. The van der Waals surface area contributed by atoms with Gasteiger partial charge >= 0.3 is 0 Å². The van der Waals surface area contributed by atoms with Crippen molar-refractivity contribution in [3.63, 3.8) is 0 Å². The third kappa shape index (κ3) is 4.14. The first-order valence-electron chi connectivity index (χ1n) is 6.68. The summed E-state index contributed by atoms with van der Waals surface area (Å²) in [5.74, 6) is 1.05. The molecule has 1 heterocycles. The Kier molecular flexibility index (Phi) is 6.46. The summed E-state index contributed by atoms with van der Waals surface area (Å²) in [5, 5.41) is 0. The topological polar surface area (TPSA) is 49.6 Å². The van der Waals surface area contributed by atoms with Gasteiger partial charge < -0.3 is 15.5 Å². The van der Waals surface area contributed by atoms with E-state index in [1.54, 1.807) is 11.8 Å². The van der Waals surface area contributed by atoms with Gasteiger partial charge in [-0.3, -0.25) is 4.79 Å². The van der Waals surface area contributed by atoms with Crippen molar-refractivity contribution in [3.05, 3.63) is 0 Å². The number of amides is 1. The molecule has 1 saturated heterocycles. The minimum Gasteiger partial charge on any atom is -0.341 e. The van der Waals surface area contributed by atoms with Crippen LogP contribution in [0, 0.1) is 0 Å². The average Bonchev–Trinajstić information content (AvgIpc) is 2.37. The zero-order valence-corrected chi connectivity index (χ0v) is 12.9. The summed E-state index contributed by atoms with van der Waals surface area (Å²) in [4.78, 5) is 16.4. The van der Waals surface area contributed by atoms with Gasteiger partial charge in [-0.15, -0.1) is 0 Å². The Morgan fingerprint density at radius 3 is 2.83 bits per heavy atom. The van der Waals surface area contributed by atoms with E-state index >= 15 is 0 Å². The molecule has 1 fully saturated rings. The lowest BCUT2D eigenvalue weighted by atomic mass is 9.97. The monoisotopic (exact) mass is 273 g/mol. The molecule has 0 bridgehead atoms. The molecular weight excluding hydrogens is 246 g/mol. The quantitative estimate of drug-likeness (QED) is 0.812. The van der Waals surface area contributed by atoms with Crippen LogP contribution in [-0.4, -0.2) is 66.5 Å². The molecule has 0 aromatic carbocycles. The number of piperidine rings is 1. The molecule has 1 amide bonds. The van der Waals surface area contributed by atoms with Crippen molar-refractivity contribution in [2.24, 2.45) is 5.73 Å². The molecule has 0 aromatic heterocycles. The third-order valence-electron chi connectivity index (χ3n) is 4.03. The SMILES string of the molecule is CSCC[C@H](N)C(=O)N(C)[C@@H]1CCN(C)[C@@H](C)C1. The molecule has 0 spiro atoms. The standard InChI is InChI=1S/C13H27N3OS/c1-10-9-11(5-7-15(10)2)16(3)13(17)12(14)6-8-18-4/h10-12H,5-9,14H2,1-4H3/t10-,11+,12-/m0/s1. The van der Waals surface area contributed by atoms with Gasteiger partial charge in [0.25, 0.3) is 0 Å². The van der Waals surface area contributed by atoms with Crippen LogP contribution in [0.1, 0.15) is 26.2 Å². The van der Waals surface area contributed by atoms with Crippen LogP contribution in [0.3, 0.4) is 0 Å². The van der Waals surface area contributed by atoms with E-state index in [2.05, 4.69) is 18.9 Å². The van der Waals surface area contributed by atoms with E-state index in [1.165, 1.54) is 0 Å². The predicted octanol–water partition coefficient (Wildman–Crippen LogP) is 1.01. The van der Waals surface area contributed by atoms with Crippen LogP contribution in [0.15, 0.2) is 0 Å². The van der Waals surface area contributed by atoms with Gasteiger partial charge in [0.05, 0.1) is 6.04 Å². The fourth-order valence-electron chi connectivity index (χ4n) is 2.43. The minimum absolute atomic E-state index is 0.103. The molecule has 18 heavy (non-hydrogen) atoms. The normalized spacial score (nSPS) is 26.9.